The highest BCUT2D eigenvalue weighted by Crippen LogP contribution is 1.89. The van der Waals surface area contributed by atoms with Gasteiger partial charge < -0.3 is 44.8 Å². The van der Waals surface area contributed by atoms with Crippen LogP contribution in [0, 0.1) is 0 Å². The lowest BCUT2D eigenvalue weighted by atomic mass is 10.3. The molecule has 0 radical (unpaired) electrons. The molecule has 11 heteroatoms. The van der Waals surface area contributed by atoms with Crippen molar-refractivity contribution in [2.45, 2.75) is 19.4 Å². The zero-order valence-corrected chi connectivity index (χ0v) is 14.4. The van der Waals surface area contributed by atoms with Crippen molar-refractivity contribution in [3.05, 3.63) is 0 Å². The molecule has 0 heterocycles. The van der Waals surface area contributed by atoms with Gasteiger partial charge in [-0.25, -0.2) is 4.79 Å². The second-order valence-electron chi connectivity index (χ2n) is 4.04. The van der Waals surface area contributed by atoms with E-state index in [1.165, 1.54) is 0 Å². The van der Waals surface area contributed by atoms with Crippen molar-refractivity contribution in [3.63, 3.8) is 0 Å². The van der Waals surface area contributed by atoms with Gasteiger partial charge in [0.2, 0.25) is 0 Å². The third-order valence-corrected chi connectivity index (χ3v) is 1.94. The van der Waals surface area contributed by atoms with E-state index in [-0.39, 0.29) is 19.8 Å². The zero-order valence-electron chi connectivity index (χ0n) is 14.4. The Bertz CT molecular complexity index is 276. The van der Waals surface area contributed by atoms with Gasteiger partial charge in [-0.1, -0.05) is 0 Å². The van der Waals surface area contributed by atoms with Crippen LogP contribution < -0.4 is 0 Å². The maximum atomic E-state index is 9.72. The van der Waals surface area contributed by atoms with E-state index < -0.39 is 24.5 Å². The number of ether oxygens (including phenoxy) is 3. The average molecular weight is 374 g/mol. The first kappa shape index (κ1) is 28.5. The molecule has 0 aliphatic heterocycles. The van der Waals surface area contributed by atoms with Gasteiger partial charge in [-0.3, -0.25) is 4.79 Å². The molecular weight excluding hydrogens is 344 g/mol. The average Bonchev–Trinajstić information content (AvgIpc) is 2.56. The van der Waals surface area contributed by atoms with Crippen molar-refractivity contribution in [1.29, 1.82) is 0 Å². The molecule has 0 aliphatic carbocycles. The summed E-state index contributed by atoms with van der Waals surface area (Å²) >= 11 is 0. The Balaban J connectivity index is -0.000000293. The number of carboxylic acids is 2. The summed E-state index contributed by atoms with van der Waals surface area (Å²) in [4.78, 5) is 19.4. The highest BCUT2D eigenvalue weighted by atomic mass is 16.5. The Kier molecular flexibility index (Phi) is 28.4. The summed E-state index contributed by atoms with van der Waals surface area (Å²) in [6, 6.07) is 0. The van der Waals surface area contributed by atoms with Crippen LogP contribution in [0.3, 0.4) is 0 Å². The summed E-state index contributed by atoms with van der Waals surface area (Å²) in [5.74, 6) is -2.85. The smallest absolute Gasteiger partial charge is 0.333 e. The van der Waals surface area contributed by atoms with E-state index in [9.17, 15) is 9.59 Å². The largest absolute Gasteiger partial charge is 0.481 e. The number of carboxylic acid groups (broad SMARTS) is 2. The lowest BCUT2D eigenvalue weighted by Crippen LogP contribution is -2.22. The standard InChI is InChI=1S/C6H14O3.C4H6O5.C4H10O3/c1-2-8-5-6-9-4-3-7;5-2(4(8)9)1-3(6)7;5-1-3-7-4-2-6/h7H,2-6H2,1H3;2,5H,1H2,(H,6,7)(H,8,9);5-6H,1-4H2. The molecule has 0 amide bonds. The van der Waals surface area contributed by atoms with Crippen LogP contribution in [-0.4, -0.2) is 108 Å². The van der Waals surface area contributed by atoms with E-state index >= 15 is 0 Å². The number of carbonyl (C=O) groups is 2. The highest BCUT2D eigenvalue weighted by molar-refractivity contribution is 5.79. The molecule has 6 N–H and O–H groups in total. The predicted molar refractivity (Wildman–Crippen MR) is 85.3 cm³/mol. The molecular formula is C14H30O11. The molecule has 0 spiro atoms. The second kappa shape index (κ2) is 24.9. The van der Waals surface area contributed by atoms with Gasteiger partial charge in [0, 0.05) is 6.61 Å². The minimum absolute atomic E-state index is 0.0278. The van der Waals surface area contributed by atoms with E-state index in [0.29, 0.717) is 33.0 Å². The number of hydrogen-bond donors (Lipinski definition) is 6. The molecule has 1 unspecified atom stereocenters. The van der Waals surface area contributed by atoms with E-state index in [1.807, 2.05) is 6.92 Å². The van der Waals surface area contributed by atoms with E-state index in [1.54, 1.807) is 0 Å². The van der Waals surface area contributed by atoms with Gasteiger partial charge in [0.1, 0.15) is 0 Å². The maximum absolute atomic E-state index is 9.72. The number of hydrogen-bond acceptors (Lipinski definition) is 9. The van der Waals surface area contributed by atoms with E-state index in [0.717, 1.165) is 6.61 Å². The van der Waals surface area contributed by atoms with Crippen molar-refractivity contribution < 1.29 is 54.4 Å². The molecule has 1 atom stereocenters. The quantitative estimate of drug-likeness (QED) is 0.195. The van der Waals surface area contributed by atoms with Crippen LogP contribution in [0.5, 0.6) is 0 Å². The molecule has 0 aromatic rings. The van der Waals surface area contributed by atoms with Crippen LogP contribution in [0.1, 0.15) is 13.3 Å². The molecule has 0 rings (SSSR count). The topological polar surface area (TPSA) is 183 Å². The maximum Gasteiger partial charge on any atom is 0.333 e. The lowest BCUT2D eigenvalue weighted by Gasteiger charge is -2.00. The van der Waals surface area contributed by atoms with E-state index in [2.05, 4.69) is 4.74 Å². The SMILES string of the molecule is CCOCCOCCO.O=C(O)CC(O)C(=O)O.OCCOCCO. The Morgan fingerprint density at radius 2 is 1.20 bits per heavy atom. The predicted octanol–water partition coefficient (Wildman–Crippen LogP) is -2.07. The monoisotopic (exact) mass is 374 g/mol. The first-order valence-corrected chi connectivity index (χ1v) is 7.55. The molecule has 0 bridgehead atoms. The summed E-state index contributed by atoms with van der Waals surface area (Å²) < 4.78 is 14.5. The minimum Gasteiger partial charge on any atom is -0.481 e. The lowest BCUT2D eigenvalue weighted by molar-refractivity contribution is -0.152. The molecule has 0 aromatic heterocycles. The summed E-state index contributed by atoms with van der Waals surface area (Å²) in [6.07, 6.45) is -2.54. The minimum atomic E-state index is -1.79. The first-order chi connectivity index (χ1) is 11.9. The van der Waals surface area contributed by atoms with Crippen LogP contribution in [0.25, 0.3) is 0 Å². The van der Waals surface area contributed by atoms with Gasteiger partial charge in [-0.15, -0.1) is 0 Å². The summed E-state index contributed by atoms with van der Waals surface area (Å²) in [5.41, 5.74) is 0. The van der Waals surface area contributed by atoms with E-state index in [4.69, 9.17) is 40.1 Å². The number of aliphatic carboxylic acids is 2. The van der Waals surface area contributed by atoms with Crippen LogP contribution in [0.4, 0.5) is 0 Å². The third kappa shape index (κ3) is 34.8. The van der Waals surface area contributed by atoms with Crippen LogP contribution in [0.15, 0.2) is 0 Å². The van der Waals surface area contributed by atoms with Gasteiger partial charge in [0.25, 0.3) is 0 Å². The number of rotatable bonds is 13. The zero-order chi connectivity index (χ0) is 19.9. The van der Waals surface area contributed by atoms with Gasteiger partial charge in [-0.2, -0.15) is 0 Å². The Morgan fingerprint density at radius 3 is 1.48 bits per heavy atom. The van der Waals surface area contributed by atoms with Crippen molar-refractivity contribution in [2.24, 2.45) is 0 Å². The van der Waals surface area contributed by atoms with Crippen molar-refractivity contribution in [3.8, 4) is 0 Å². The van der Waals surface area contributed by atoms with Gasteiger partial charge in [0.05, 0.1) is 59.3 Å². The molecule has 0 aromatic carbocycles. The summed E-state index contributed by atoms with van der Waals surface area (Å²) in [6.45, 7) is 5.06. The summed E-state index contributed by atoms with van der Waals surface area (Å²) in [7, 11) is 0. The molecule has 0 aliphatic rings. The van der Waals surface area contributed by atoms with Crippen molar-refractivity contribution in [1.82, 2.24) is 0 Å². The van der Waals surface area contributed by atoms with Crippen molar-refractivity contribution >= 4 is 11.9 Å². The molecule has 0 fully saturated rings. The molecule has 25 heavy (non-hydrogen) atoms. The third-order valence-electron chi connectivity index (χ3n) is 1.94. The van der Waals surface area contributed by atoms with Gasteiger partial charge in [-0.05, 0) is 6.92 Å². The van der Waals surface area contributed by atoms with Gasteiger partial charge in [0.15, 0.2) is 6.10 Å². The van der Waals surface area contributed by atoms with Crippen LogP contribution in [0.2, 0.25) is 0 Å². The Hall–Kier alpha value is -1.34. The Morgan fingerprint density at radius 1 is 0.800 bits per heavy atom. The fourth-order valence-electron chi connectivity index (χ4n) is 0.913. The number of aliphatic hydroxyl groups is 4. The summed E-state index contributed by atoms with van der Waals surface area (Å²) in [5, 5.41) is 48.6. The molecule has 0 saturated carbocycles. The van der Waals surface area contributed by atoms with Crippen LogP contribution >= 0.6 is 0 Å². The van der Waals surface area contributed by atoms with Crippen molar-refractivity contribution in [2.75, 3.05) is 59.5 Å². The highest BCUT2D eigenvalue weighted by Gasteiger charge is 2.16. The normalized spacial score (nSPS) is 10.8. The second-order valence-corrected chi connectivity index (χ2v) is 4.04. The fraction of sp³-hybridized carbons (Fsp3) is 0.857. The first-order valence-electron chi connectivity index (χ1n) is 7.55. The molecule has 11 nitrogen and oxygen atoms in total. The number of aliphatic hydroxyl groups excluding tert-OH is 4. The molecule has 0 saturated heterocycles. The Labute approximate surface area is 146 Å². The molecule has 152 valence electrons. The van der Waals surface area contributed by atoms with Gasteiger partial charge >= 0.3 is 11.9 Å². The van der Waals surface area contributed by atoms with Crippen LogP contribution in [-0.2, 0) is 23.8 Å². The fourth-order valence-corrected chi connectivity index (χ4v) is 0.913.